The van der Waals surface area contributed by atoms with Gasteiger partial charge in [-0.15, -0.1) is 0 Å². The Kier molecular flexibility index (Phi) is 5.43. The Morgan fingerprint density at radius 3 is 2.50 bits per heavy atom. The summed E-state index contributed by atoms with van der Waals surface area (Å²) in [6.07, 6.45) is 0. The van der Waals surface area contributed by atoms with Gasteiger partial charge in [-0.3, -0.25) is 4.79 Å². The van der Waals surface area contributed by atoms with Gasteiger partial charge in [0.15, 0.2) is 0 Å². The normalized spacial score (nSPS) is 12.0. The minimum absolute atomic E-state index is 0.389. The van der Waals surface area contributed by atoms with Crippen LogP contribution in [0.5, 0.6) is 11.5 Å². The Bertz CT molecular complexity index is 436. The lowest BCUT2D eigenvalue weighted by molar-refractivity contribution is -0.139. The van der Waals surface area contributed by atoms with Gasteiger partial charge in [-0.2, -0.15) is 0 Å². The van der Waals surface area contributed by atoms with Crippen LogP contribution in [0.25, 0.3) is 0 Å². The first kappa shape index (κ1) is 14.8. The predicted molar refractivity (Wildman–Crippen MR) is 71.2 cm³/mol. The van der Waals surface area contributed by atoms with E-state index in [1.54, 1.807) is 27.2 Å². The zero-order valence-electron chi connectivity index (χ0n) is 10.5. The van der Waals surface area contributed by atoms with E-state index in [-0.39, 0.29) is 0 Å². The monoisotopic (exact) mass is 317 g/mol. The zero-order valence-corrected chi connectivity index (χ0v) is 12.1. The number of hydrogen-bond donors (Lipinski definition) is 2. The number of aliphatic carboxylic acids is 1. The van der Waals surface area contributed by atoms with Crippen molar-refractivity contribution in [3.05, 3.63) is 22.2 Å². The molecule has 0 saturated heterocycles. The minimum atomic E-state index is -0.891. The molecule has 6 heteroatoms. The molecule has 0 amide bonds. The number of carbonyl (C=O) groups is 1. The number of ether oxygens (including phenoxy) is 2. The number of benzene rings is 1. The summed E-state index contributed by atoms with van der Waals surface area (Å²) in [4.78, 5) is 10.7. The predicted octanol–water partition coefficient (Wildman–Crippen LogP) is 2.03. The number of halogens is 1. The number of methoxy groups -OCH3 is 2. The SMILES string of the molecule is COc1cc(CN[C@@H](C)C(=O)O)c(OC)cc1Br. The van der Waals surface area contributed by atoms with Crippen LogP contribution in [0.1, 0.15) is 12.5 Å². The molecule has 100 valence electrons. The molecular formula is C12H16BrNO4. The quantitative estimate of drug-likeness (QED) is 0.840. The number of carboxylic acids is 1. The van der Waals surface area contributed by atoms with Crippen LogP contribution < -0.4 is 14.8 Å². The first-order chi connectivity index (χ1) is 8.49. The van der Waals surface area contributed by atoms with Crippen molar-refractivity contribution in [3.8, 4) is 11.5 Å². The highest BCUT2D eigenvalue weighted by Crippen LogP contribution is 2.32. The minimum Gasteiger partial charge on any atom is -0.496 e. The van der Waals surface area contributed by atoms with Crippen LogP contribution in [-0.4, -0.2) is 31.3 Å². The number of nitrogens with one attached hydrogen (secondary N) is 1. The molecule has 0 aromatic heterocycles. The van der Waals surface area contributed by atoms with Crippen molar-refractivity contribution in [2.45, 2.75) is 19.5 Å². The number of carboxylic acid groups (broad SMARTS) is 1. The molecule has 0 heterocycles. The molecule has 0 fully saturated rings. The lowest BCUT2D eigenvalue weighted by Crippen LogP contribution is -2.33. The van der Waals surface area contributed by atoms with Crippen LogP contribution in [0, 0.1) is 0 Å². The molecule has 0 aliphatic heterocycles. The molecule has 1 rings (SSSR count). The highest BCUT2D eigenvalue weighted by atomic mass is 79.9. The van der Waals surface area contributed by atoms with E-state index in [0.29, 0.717) is 18.0 Å². The van der Waals surface area contributed by atoms with Crippen molar-refractivity contribution in [2.24, 2.45) is 0 Å². The molecule has 1 atom stereocenters. The van der Waals surface area contributed by atoms with Gasteiger partial charge in [-0.05, 0) is 35.0 Å². The summed E-state index contributed by atoms with van der Waals surface area (Å²) in [5.74, 6) is 0.460. The Labute approximate surface area is 114 Å². The van der Waals surface area contributed by atoms with Gasteiger partial charge < -0.3 is 19.9 Å². The second-order valence-corrected chi connectivity index (χ2v) is 4.59. The van der Waals surface area contributed by atoms with E-state index in [4.69, 9.17) is 14.6 Å². The van der Waals surface area contributed by atoms with Crippen molar-refractivity contribution < 1.29 is 19.4 Å². The summed E-state index contributed by atoms with van der Waals surface area (Å²) < 4.78 is 11.2. The highest BCUT2D eigenvalue weighted by molar-refractivity contribution is 9.10. The molecule has 0 bridgehead atoms. The fourth-order valence-electron chi connectivity index (χ4n) is 1.41. The summed E-state index contributed by atoms with van der Waals surface area (Å²) in [5, 5.41) is 11.7. The molecule has 18 heavy (non-hydrogen) atoms. The van der Waals surface area contributed by atoms with Crippen LogP contribution >= 0.6 is 15.9 Å². The molecule has 1 aromatic rings. The van der Waals surface area contributed by atoms with Gasteiger partial charge in [0.1, 0.15) is 17.5 Å². The third-order valence-corrected chi connectivity index (χ3v) is 3.14. The highest BCUT2D eigenvalue weighted by Gasteiger charge is 2.13. The second kappa shape index (κ2) is 6.61. The van der Waals surface area contributed by atoms with E-state index >= 15 is 0 Å². The fraction of sp³-hybridized carbons (Fsp3) is 0.417. The van der Waals surface area contributed by atoms with E-state index in [0.717, 1.165) is 10.0 Å². The lowest BCUT2D eigenvalue weighted by atomic mass is 10.1. The largest absolute Gasteiger partial charge is 0.496 e. The molecule has 1 aromatic carbocycles. The first-order valence-corrected chi connectivity index (χ1v) is 6.15. The molecule has 0 aliphatic rings. The van der Waals surface area contributed by atoms with Gasteiger partial charge in [0, 0.05) is 12.1 Å². The molecule has 5 nitrogen and oxygen atoms in total. The van der Waals surface area contributed by atoms with Gasteiger partial charge in [0.25, 0.3) is 0 Å². The maximum atomic E-state index is 10.7. The molecule has 0 unspecified atom stereocenters. The average molecular weight is 318 g/mol. The van der Waals surface area contributed by atoms with Gasteiger partial charge in [-0.25, -0.2) is 0 Å². The van der Waals surface area contributed by atoms with E-state index < -0.39 is 12.0 Å². The summed E-state index contributed by atoms with van der Waals surface area (Å²) in [5.41, 5.74) is 0.839. The van der Waals surface area contributed by atoms with Gasteiger partial charge in [-0.1, -0.05) is 0 Å². The molecule has 0 radical (unpaired) electrons. The van der Waals surface area contributed by atoms with Crippen LogP contribution in [0.15, 0.2) is 16.6 Å². The smallest absolute Gasteiger partial charge is 0.320 e. The maximum absolute atomic E-state index is 10.7. The van der Waals surface area contributed by atoms with E-state index in [2.05, 4.69) is 21.2 Å². The van der Waals surface area contributed by atoms with Crippen molar-refractivity contribution in [2.75, 3.05) is 14.2 Å². The van der Waals surface area contributed by atoms with Crippen LogP contribution in [-0.2, 0) is 11.3 Å². The number of hydrogen-bond acceptors (Lipinski definition) is 4. The molecule has 0 saturated carbocycles. The lowest BCUT2D eigenvalue weighted by Gasteiger charge is -2.14. The summed E-state index contributed by atoms with van der Waals surface area (Å²) in [7, 11) is 3.14. The average Bonchev–Trinajstić information content (AvgIpc) is 2.36. The third kappa shape index (κ3) is 3.61. The Morgan fingerprint density at radius 1 is 1.39 bits per heavy atom. The van der Waals surface area contributed by atoms with Crippen molar-refractivity contribution in [1.29, 1.82) is 0 Å². The topological polar surface area (TPSA) is 67.8 Å². The van der Waals surface area contributed by atoms with Crippen molar-refractivity contribution in [3.63, 3.8) is 0 Å². The van der Waals surface area contributed by atoms with Gasteiger partial charge in [0.2, 0.25) is 0 Å². The van der Waals surface area contributed by atoms with Gasteiger partial charge in [0.05, 0.1) is 18.7 Å². The van der Waals surface area contributed by atoms with Crippen molar-refractivity contribution >= 4 is 21.9 Å². The Morgan fingerprint density at radius 2 is 2.00 bits per heavy atom. The van der Waals surface area contributed by atoms with Gasteiger partial charge >= 0.3 is 5.97 Å². The van der Waals surface area contributed by atoms with Crippen LogP contribution in [0.2, 0.25) is 0 Å². The second-order valence-electron chi connectivity index (χ2n) is 3.74. The Hall–Kier alpha value is -1.27. The summed E-state index contributed by atoms with van der Waals surface area (Å²) in [6.45, 7) is 1.98. The molecule has 2 N–H and O–H groups in total. The van der Waals surface area contributed by atoms with E-state index in [1.165, 1.54) is 0 Å². The zero-order chi connectivity index (χ0) is 13.7. The maximum Gasteiger partial charge on any atom is 0.320 e. The first-order valence-electron chi connectivity index (χ1n) is 5.36. The summed E-state index contributed by atoms with van der Waals surface area (Å²) >= 11 is 3.37. The molecular weight excluding hydrogens is 302 g/mol. The standard InChI is InChI=1S/C12H16BrNO4/c1-7(12(15)16)14-6-8-4-11(18-3)9(13)5-10(8)17-2/h4-5,7,14H,6H2,1-3H3,(H,15,16)/t7-/m0/s1. The molecule has 0 aliphatic carbocycles. The van der Waals surface area contributed by atoms with Crippen LogP contribution in [0.3, 0.4) is 0 Å². The third-order valence-electron chi connectivity index (χ3n) is 2.52. The fourth-order valence-corrected chi connectivity index (χ4v) is 1.90. The van der Waals surface area contributed by atoms with E-state index in [9.17, 15) is 4.79 Å². The van der Waals surface area contributed by atoms with Crippen molar-refractivity contribution in [1.82, 2.24) is 5.32 Å². The number of rotatable bonds is 6. The van der Waals surface area contributed by atoms with E-state index in [1.807, 2.05) is 6.07 Å². The Balaban J connectivity index is 2.89. The summed E-state index contributed by atoms with van der Waals surface area (Å²) in [6, 6.07) is 2.98. The van der Waals surface area contributed by atoms with Crippen LogP contribution in [0.4, 0.5) is 0 Å². The molecule has 0 spiro atoms.